The molecule has 0 bridgehead atoms. The van der Waals surface area contributed by atoms with Crippen LogP contribution in [0.1, 0.15) is 12.8 Å². The Hall–Kier alpha value is -1.44. The second kappa shape index (κ2) is 5.90. The fraction of sp³-hybridized carbons (Fsp3) is 0.538. The molecular weight excluding hydrogens is 276 g/mol. The van der Waals surface area contributed by atoms with Gasteiger partial charge in [0, 0.05) is 13.1 Å². The SMILES string of the molecule is Nc1nc(N2CCC(OCCO)CC2)c2ccsc2n1. The predicted octanol–water partition coefficient (Wildman–Crippen LogP) is 1.25. The summed E-state index contributed by atoms with van der Waals surface area (Å²) < 4.78 is 5.58. The van der Waals surface area contributed by atoms with Crippen molar-refractivity contribution in [1.82, 2.24) is 9.97 Å². The molecule has 3 N–H and O–H groups in total. The van der Waals surface area contributed by atoms with Crippen molar-refractivity contribution in [1.29, 1.82) is 0 Å². The lowest BCUT2D eigenvalue weighted by Gasteiger charge is -2.33. The van der Waals surface area contributed by atoms with Crippen molar-refractivity contribution in [3.05, 3.63) is 11.4 Å². The van der Waals surface area contributed by atoms with Crippen LogP contribution in [-0.4, -0.2) is 47.5 Å². The average molecular weight is 294 g/mol. The first-order valence-corrected chi connectivity index (χ1v) is 7.64. The zero-order valence-corrected chi connectivity index (χ0v) is 12.0. The topological polar surface area (TPSA) is 84.5 Å². The number of thiophene rings is 1. The van der Waals surface area contributed by atoms with Gasteiger partial charge in [0.2, 0.25) is 5.95 Å². The van der Waals surface area contributed by atoms with Gasteiger partial charge in [-0.3, -0.25) is 0 Å². The molecule has 0 aromatic carbocycles. The predicted molar refractivity (Wildman–Crippen MR) is 80.1 cm³/mol. The number of nitrogens with two attached hydrogens (primary N) is 1. The van der Waals surface area contributed by atoms with Gasteiger partial charge in [0.1, 0.15) is 10.6 Å². The van der Waals surface area contributed by atoms with Gasteiger partial charge in [-0.1, -0.05) is 0 Å². The molecule has 0 aliphatic carbocycles. The van der Waals surface area contributed by atoms with Crippen LogP contribution in [0, 0.1) is 0 Å². The number of hydrogen-bond acceptors (Lipinski definition) is 7. The second-order valence-electron chi connectivity index (χ2n) is 4.83. The average Bonchev–Trinajstić information content (AvgIpc) is 2.93. The Bertz CT molecular complexity index is 581. The molecule has 0 spiro atoms. The monoisotopic (exact) mass is 294 g/mol. The lowest BCUT2D eigenvalue weighted by Crippen LogP contribution is -2.38. The Balaban J connectivity index is 1.75. The van der Waals surface area contributed by atoms with Gasteiger partial charge in [0.05, 0.1) is 24.7 Å². The summed E-state index contributed by atoms with van der Waals surface area (Å²) >= 11 is 1.58. The molecule has 0 saturated carbocycles. The molecule has 3 rings (SSSR count). The summed E-state index contributed by atoms with van der Waals surface area (Å²) in [7, 11) is 0. The number of ether oxygens (including phenoxy) is 1. The highest BCUT2D eigenvalue weighted by atomic mass is 32.1. The lowest BCUT2D eigenvalue weighted by molar-refractivity contribution is 0.0158. The normalized spacial score (nSPS) is 16.9. The number of hydrogen-bond donors (Lipinski definition) is 2. The first-order valence-electron chi connectivity index (χ1n) is 6.76. The first kappa shape index (κ1) is 13.5. The molecule has 3 heterocycles. The van der Waals surface area contributed by atoms with E-state index in [-0.39, 0.29) is 12.7 Å². The molecular formula is C13H18N4O2S. The van der Waals surface area contributed by atoms with Gasteiger partial charge in [-0.05, 0) is 24.3 Å². The number of anilines is 2. The van der Waals surface area contributed by atoms with E-state index in [9.17, 15) is 0 Å². The Kier molecular flexibility index (Phi) is 4.00. The maximum absolute atomic E-state index is 8.79. The molecule has 2 aromatic rings. The third kappa shape index (κ3) is 2.70. The van der Waals surface area contributed by atoms with Crippen molar-refractivity contribution in [3.63, 3.8) is 0 Å². The van der Waals surface area contributed by atoms with Gasteiger partial charge in [0.25, 0.3) is 0 Å². The molecule has 0 amide bonds. The lowest BCUT2D eigenvalue weighted by atomic mass is 10.1. The molecule has 6 nitrogen and oxygen atoms in total. The van der Waals surface area contributed by atoms with E-state index in [1.807, 2.05) is 11.4 Å². The van der Waals surface area contributed by atoms with E-state index in [4.69, 9.17) is 15.6 Å². The fourth-order valence-corrected chi connectivity index (χ4v) is 3.32. The van der Waals surface area contributed by atoms with E-state index in [1.165, 1.54) is 0 Å². The summed E-state index contributed by atoms with van der Waals surface area (Å²) in [6, 6.07) is 2.04. The molecule has 1 aliphatic heterocycles. The van der Waals surface area contributed by atoms with Crippen LogP contribution in [0.5, 0.6) is 0 Å². The number of aromatic nitrogens is 2. The zero-order valence-electron chi connectivity index (χ0n) is 11.2. The summed E-state index contributed by atoms with van der Waals surface area (Å²) in [5.41, 5.74) is 5.79. The first-order chi connectivity index (χ1) is 9.78. The molecule has 1 saturated heterocycles. The van der Waals surface area contributed by atoms with Gasteiger partial charge in [-0.15, -0.1) is 11.3 Å². The molecule has 20 heavy (non-hydrogen) atoms. The van der Waals surface area contributed by atoms with Crippen LogP contribution in [0.15, 0.2) is 11.4 Å². The molecule has 1 aliphatic rings. The van der Waals surface area contributed by atoms with E-state index < -0.39 is 0 Å². The third-order valence-corrected chi connectivity index (χ3v) is 4.32. The Morgan fingerprint density at radius 2 is 2.20 bits per heavy atom. The smallest absolute Gasteiger partial charge is 0.223 e. The van der Waals surface area contributed by atoms with Gasteiger partial charge in [-0.2, -0.15) is 4.98 Å². The van der Waals surface area contributed by atoms with Crippen LogP contribution in [0.2, 0.25) is 0 Å². The van der Waals surface area contributed by atoms with E-state index >= 15 is 0 Å². The number of aliphatic hydroxyl groups is 1. The van der Waals surface area contributed by atoms with Crippen molar-refractivity contribution in [2.24, 2.45) is 0 Å². The van der Waals surface area contributed by atoms with Crippen LogP contribution in [0.25, 0.3) is 10.2 Å². The Labute approximate surface area is 121 Å². The quantitative estimate of drug-likeness (QED) is 0.883. The highest BCUT2D eigenvalue weighted by Gasteiger charge is 2.22. The summed E-state index contributed by atoms with van der Waals surface area (Å²) in [5.74, 6) is 1.25. The molecule has 0 radical (unpaired) electrons. The minimum Gasteiger partial charge on any atom is -0.394 e. The summed E-state index contributed by atoms with van der Waals surface area (Å²) in [6.45, 7) is 2.27. The summed E-state index contributed by atoms with van der Waals surface area (Å²) in [5, 5.41) is 11.9. The number of piperidine rings is 1. The van der Waals surface area contributed by atoms with Crippen molar-refractivity contribution < 1.29 is 9.84 Å². The highest BCUT2D eigenvalue weighted by Crippen LogP contribution is 2.30. The van der Waals surface area contributed by atoms with Crippen molar-refractivity contribution >= 4 is 33.3 Å². The maximum Gasteiger partial charge on any atom is 0.223 e. The standard InChI is InChI=1S/C13H18N4O2S/c14-13-15-11(10-3-8-20-12(10)16-13)17-4-1-9(2-5-17)19-7-6-18/h3,8-9,18H,1-2,4-7H2,(H2,14,15,16). The molecule has 108 valence electrons. The second-order valence-corrected chi connectivity index (χ2v) is 5.72. The van der Waals surface area contributed by atoms with Crippen LogP contribution in [-0.2, 0) is 4.74 Å². The van der Waals surface area contributed by atoms with Crippen molar-refractivity contribution in [2.45, 2.75) is 18.9 Å². The van der Waals surface area contributed by atoms with E-state index in [0.717, 1.165) is 42.0 Å². The van der Waals surface area contributed by atoms with E-state index in [0.29, 0.717) is 12.6 Å². The van der Waals surface area contributed by atoms with Gasteiger partial charge >= 0.3 is 0 Å². The fourth-order valence-electron chi connectivity index (χ4n) is 2.55. The zero-order chi connectivity index (χ0) is 13.9. The van der Waals surface area contributed by atoms with Crippen molar-refractivity contribution in [2.75, 3.05) is 36.9 Å². The molecule has 2 aromatic heterocycles. The Morgan fingerprint density at radius 3 is 2.95 bits per heavy atom. The van der Waals surface area contributed by atoms with E-state index in [1.54, 1.807) is 11.3 Å². The summed E-state index contributed by atoms with van der Waals surface area (Å²) in [4.78, 5) is 11.8. The Morgan fingerprint density at radius 1 is 1.40 bits per heavy atom. The largest absolute Gasteiger partial charge is 0.394 e. The molecule has 0 unspecified atom stereocenters. The molecule has 1 fully saturated rings. The minimum absolute atomic E-state index is 0.0815. The molecule has 0 atom stereocenters. The maximum atomic E-state index is 8.79. The minimum atomic E-state index is 0.0815. The van der Waals surface area contributed by atoms with E-state index in [2.05, 4.69) is 14.9 Å². The van der Waals surface area contributed by atoms with Gasteiger partial charge in [-0.25, -0.2) is 4.98 Å². The van der Waals surface area contributed by atoms with Crippen LogP contribution in [0.4, 0.5) is 11.8 Å². The molecule has 7 heteroatoms. The number of fused-ring (bicyclic) bond motifs is 1. The van der Waals surface area contributed by atoms with Crippen molar-refractivity contribution in [3.8, 4) is 0 Å². The number of rotatable bonds is 4. The highest BCUT2D eigenvalue weighted by molar-refractivity contribution is 7.16. The van der Waals surface area contributed by atoms with Crippen LogP contribution >= 0.6 is 11.3 Å². The van der Waals surface area contributed by atoms with Crippen LogP contribution < -0.4 is 10.6 Å². The van der Waals surface area contributed by atoms with Gasteiger partial charge < -0.3 is 20.5 Å². The third-order valence-electron chi connectivity index (χ3n) is 3.51. The van der Waals surface area contributed by atoms with Crippen LogP contribution in [0.3, 0.4) is 0 Å². The number of nitrogen functional groups attached to an aromatic ring is 1. The number of aliphatic hydroxyl groups excluding tert-OH is 1. The van der Waals surface area contributed by atoms with Gasteiger partial charge in [0.15, 0.2) is 0 Å². The summed E-state index contributed by atoms with van der Waals surface area (Å²) in [6.07, 6.45) is 2.11. The number of nitrogens with zero attached hydrogens (tertiary/aromatic N) is 3.